The highest BCUT2D eigenvalue weighted by Crippen LogP contribution is 2.32. The van der Waals surface area contributed by atoms with E-state index in [0.29, 0.717) is 17.3 Å². The van der Waals surface area contributed by atoms with Crippen molar-refractivity contribution in [3.8, 4) is 11.5 Å². The lowest BCUT2D eigenvalue weighted by atomic mass is 10.3. The van der Waals surface area contributed by atoms with Gasteiger partial charge in [0.05, 0.1) is 14.2 Å². The van der Waals surface area contributed by atoms with Gasteiger partial charge in [-0.15, -0.1) is 11.8 Å². The second kappa shape index (κ2) is 9.29. The zero-order chi connectivity index (χ0) is 17.4. The zero-order valence-corrected chi connectivity index (χ0v) is 14.7. The highest BCUT2D eigenvalue weighted by atomic mass is 32.2. The van der Waals surface area contributed by atoms with Crippen molar-refractivity contribution in [3.05, 3.63) is 18.2 Å². The number of carbonyl (C=O) groups is 2. The van der Waals surface area contributed by atoms with Crippen LogP contribution in [0.25, 0.3) is 0 Å². The van der Waals surface area contributed by atoms with Crippen LogP contribution in [-0.4, -0.2) is 54.4 Å². The molecule has 0 fully saturated rings. The second-order valence-electron chi connectivity index (χ2n) is 5.12. The summed E-state index contributed by atoms with van der Waals surface area (Å²) in [6, 6.07) is 5.43. The predicted octanol–water partition coefficient (Wildman–Crippen LogP) is 2.51. The molecule has 0 aliphatic heterocycles. The monoisotopic (exact) mass is 341 g/mol. The molecular weight excluding hydrogens is 318 g/mol. The number of rotatable bonds is 9. The Bertz CT molecular complexity index is 547. The third-order valence-electron chi connectivity index (χ3n) is 3.19. The number of hydrogen-bond donors (Lipinski definition) is 1. The topological polar surface area (TPSA) is 76.1 Å². The number of ether oxygens (including phenoxy) is 2. The fourth-order valence-corrected chi connectivity index (χ4v) is 2.88. The van der Waals surface area contributed by atoms with Crippen LogP contribution in [-0.2, 0) is 9.59 Å². The van der Waals surface area contributed by atoms with E-state index >= 15 is 0 Å². The smallest absolute Gasteiger partial charge is 0.323 e. The molecule has 0 unspecified atom stereocenters. The molecule has 0 atom stereocenters. The molecule has 128 valence electrons. The normalized spacial score (nSPS) is 10.5. The van der Waals surface area contributed by atoms with Gasteiger partial charge >= 0.3 is 5.97 Å². The minimum absolute atomic E-state index is 0.135. The van der Waals surface area contributed by atoms with Crippen molar-refractivity contribution in [3.63, 3.8) is 0 Å². The molecule has 0 aliphatic carbocycles. The summed E-state index contributed by atoms with van der Waals surface area (Å²) >= 11 is 1.52. The molecule has 1 N–H and O–H groups in total. The van der Waals surface area contributed by atoms with Gasteiger partial charge in [-0.3, -0.25) is 9.59 Å². The lowest BCUT2D eigenvalue weighted by molar-refractivity contribution is -0.145. The van der Waals surface area contributed by atoms with Crippen molar-refractivity contribution in [1.82, 2.24) is 4.90 Å². The number of benzene rings is 1. The van der Waals surface area contributed by atoms with Crippen LogP contribution in [0.4, 0.5) is 0 Å². The van der Waals surface area contributed by atoms with E-state index in [2.05, 4.69) is 0 Å². The van der Waals surface area contributed by atoms with E-state index in [1.54, 1.807) is 14.2 Å². The van der Waals surface area contributed by atoms with E-state index < -0.39 is 5.97 Å². The van der Waals surface area contributed by atoms with Crippen LogP contribution in [0.3, 0.4) is 0 Å². The fraction of sp³-hybridized carbons (Fsp3) is 0.500. The van der Waals surface area contributed by atoms with Crippen LogP contribution >= 0.6 is 11.8 Å². The SMILES string of the molecule is COc1ccc(SCCC(=O)N(CC(=O)O)C(C)C)cc1OC. The van der Waals surface area contributed by atoms with E-state index in [-0.39, 0.29) is 24.9 Å². The highest BCUT2D eigenvalue weighted by Gasteiger charge is 2.19. The first-order chi connectivity index (χ1) is 10.9. The summed E-state index contributed by atoms with van der Waals surface area (Å²) in [5.41, 5.74) is 0. The number of methoxy groups -OCH3 is 2. The average molecular weight is 341 g/mol. The third kappa shape index (κ3) is 6.02. The van der Waals surface area contributed by atoms with Gasteiger partial charge in [0.15, 0.2) is 11.5 Å². The number of nitrogens with zero attached hydrogens (tertiary/aromatic N) is 1. The second-order valence-corrected chi connectivity index (χ2v) is 6.29. The Balaban J connectivity index is 2.58. The maximum atomic E-state index is 12.1. The Morgan fingerprint density at radius 1 is 1.22 bits per heavy atom. The summed E-state index contributed by atoms with van der Waals surface area (Å²) in [4.78, 5) is 25.3. The molecule has 1 rings (SSSR count). The van der Waals surface area contributed by atoms with Crippen molar-refractivity contribution < 1.29 is 24.2 Å². The van der Waals surface area contributed by atoms with Gasteiger partial charge in [0.1, 0.15) is 6.54 Å². The average Bonchev–Trinajstić information content (AvgIpc) is 2.51. The van der Waals surface area contributed by atoms with Crippen LogP contribution < -0.4 is 9.47 Å². The number of amides is 1. The highest BCUT2D eigenvalue weighted by molar-refractivity contribution is 7.99. The molecule has 0 aliphatic rings. The molecule has 6 nitrogen and oxygen atoms in total. The first-order valence-corrected chi connectivity index (χ1v) is 8.23. The number of carbonyl (C=O) groups excluding carboxylic acids is 1. The Morgan fingerprint density at radius 3 is 2.39 bits per heavy atom. The molecule has 1 aromatic carbocycles. The minimum atomic E-state index is -1.00. The quantitative estimate of drug-likeness (QED) is 0.696. The Labute approximate surface area is 140 Å². The lowest BCUT2D eigenvalue weighted by Crippen LogP contribution is -2.40. The van der Waals surface area contributed by atoms with Gasteiger partial charge in [-0.2, -0.15) is 0 Å². The summed E-state index contributed by atoms with van der Waals surface area (Å²) in [5.74, 6) is 0.700. The van der Waals surface area contributed by atoms with Crippen molar-refractivity contribution in [2.45, 2.75) is 31.2 Å². The minimum Gasteiger partial charge on any atom is -0.493 e. The maximum absolute atomic E-state index is 12.1. The molecular formula is C16H23NO5S. The molecule has 23 heavy (non-hydrogen) atoms. The van der Waals surface area contributed by atoms with Crippen molar-refractivity contribution in [2.75, 3.05) is 26.5 Å². The molecule has 1 amide bonds. The van der Waals surface area contributed by atoms with Gasteiger partial charge in [0, 0.05) is 23.1 Å². The lowest BCUT2D eigenvalue weighted by Gasteiger charge is -2.24. The van der Waals surface area contributed by atoms with Crippen molar-refractivity contribution in [1.29, 1.82) is 0 Å². The largest absolute Gasteiger partial charge is 0.493 e. The number of carboxylic acid groups (broad SMARTS) is 1. The fourth-order valence-electron chi connectivity index (χ4n) is 2.01. The summed E-state index contributed by atoms with van der Waals surface area (Å²) in [7, 11) is 3.15. The van der Waals surface area contributed by atoms with Gasteiger partial charge in [0.2, 0.25) is 5.91 Å². The molecule has 7 heteroatoms. The van der Waals surface area contributed by atoms with Gasteiger partial charge in [-0.25, -0.2) is 0 Å². The predicted molar refractivity (Wildman–Crippen MR) is 89.4 cm³/mol. The van der Waals surface area contributed by atoms with Crippen molar-refractivity contribution >= 4 is 23.6 Å². The molecule has 0 saturated carbocycles. The van der Waals surface area contributed by atoms with Crippen LogP contribution in [0.15, 0.2) is 23.1 Å². The van der Waals surface area contributed by atoms with E-state index in [9.17, 15) is 9.59 Å². The first kappa shape index (κ1) is 19.2. The number of hydrogen-bond acceptors (Lipinski definition) is 5. The Kier molecular flexibility index (Phi) is 7.74. The van der Waals surface area contributed by atoms with Gasteiger partial charge < -0.3 is 19.5 Å². The Morgan fingerprint density at radius 2 is 1.87 bits per heavy atom. The molecule has 0 aromatic heterocycles. The van der Waals surface area contributed by atoms with Gasteiger partial charge in [0.25, 0.3) is 0 Å². The number of carboxylic acids is 1. The zero-order valence-electron chi connectivity index (χ0n) is 13.9. The van der Waals surface area contributed by atoms with E-state index in [4.69, 9.17) is 14.6 Å². The van der Waals surface area contributed by atoms with Crippen LogP contribution in [0.2, 0.25) is 0 Å². The molecule has 0 radical (unpaired) electrons. The summed E-state index contributed by atoms with van der Waals surface area (Å²) in [5, 5.41) is 8.87. The number of aliphatic carboxylic acids is 1. The van der Waals surface area contributed by atoms with Crippen LogP contribution in [0.1, 0.15) is 20.3 Å². The standard InChI is InChI=1S/C16H23NO5S/c1-11(2)17(10-16(19)20)15(18)7-8-23-12-5-6-13(21-3)14(9-12)22-4/h5-6,9,11H,7-8,10H2,1-4H3,(H,19,20). The van der Waals surface area contributed by atoms with E-state index in [1.165, 1.54) is 16.7 Å². The van der Waals surface area contributed by atoms with E-state index in [0.717, 1.165) is 4.90 Å². The summed E-state index contributed by atoms with van der Waals surface area (Å²) in [6.07, 6.45) is 0.282. The van der Waals surface area contributed by atoms with Crippen LogP contribution in [0.5, 0.6) is 11.5 Å². The van der Waals surface area contributed by atoms with Gasteiger partial charge in [-0.05, 0) is 32.0 Å². The molecule has 0 heterocycles. The maximum Gasteiger partial charge on any atom is 0.323 e. The molecule has 1 aromatic rings. The van der Waals surface area contributed by atoms with Gasteiger partial charge in [-0.1, -0.05) is 0 Å². The molecule has 0 bridgehead atoms. The Hall–Kier alpha value is -1.89. The summed E-state index contributed by atoms with van der Waals surface area (Å²) < 4.78 is 10.4. The number of thioether (sulfide) groups is 1. The molecule has 0 saturated heterocycles. The first-order valence-electron chi connectivity index (χ1n) is 7.25. The molecule has 0 spiro atoms. The van der Waals surface area contributed by atoms with E-state index in [1.807, 2.05) is 32.0 Å². The van der Waals surface area contributed by atoms with Crippen molar-refractivity contribution in [2.24, 2.45) is 0 Å². The summed E-state index contributed by atoms with van der Waals surface area (Å²) in [6.45, 7) is 3.35. The third-order valence-corrected chi connectivity index (χ3v) is 4.18. The van der Waals surface area contributed by atoms with Crippen LogP contribution in [0, 0.1) is 0 Å².